The monoisotopic (exact) mass is 952 g/mol. The van der Waals surface area contributed by atoms with Crippen LogP contribution in [0.2, 0.25) is 0 Å². The number of nitrogens with two attached hydrogens (primary N) is 2. The number of hydrogen-bond donors (Lipinski definition) is 13. The summed E-state index contributed by atoms with van der Waals surface area (Å²) in [6, 6.07) is -1.14. The summed E-state index contributed by atoms with van der Waals surface area (Å²) >= 11 is 0. The molecule has 67 heavy (non-hydrogen) atoms. The van der Waals surface area contributed by atoms with E-state index in [1.807, 2.05) is 55.7 Å². The van der Waals surface area contributed by atoms with Crippen molar-refractivity contribution in [2.75, 3.05) is 0 Å². The molecule has 0 aromatic rings. The van der Waals surface area contributed by atoms with E-state index in [0.717, 1.165) is 0 Å². The van der Waals surface area contributed by atoms with E-state index in [0.29, 0.717) is 0 Å². The Morgan fingerprint density at radius 1 is 0.716 bits per heavy atom. The van der Waals surface area contributed by atoms with Crippen molar-refractivity contribution in [3.05, 3.63) is 85.1 Å². The summed E-state index contributed by atoms with van der Waals surface area (Å²) in [5.74, 6) is -0.226. The fraction of sp³-hybridized carbons (Fsp3) is 0.667. The van der Waals surface area contributed by atoms with Crippen molar-refractivity contribution < 1.29 is 79.6 Å². The van der Waals surface area contributed by atoms with Crippen molar-refractivity contribution in [3.8, 4) is 0 Å². The standard InChI is InChI=1S/C48H77N3O16/c1-28-29(2)64-39(58)24-32(53)22-31(52)19-20-35(55)36(56)23-33(54)26-48(63)27-37(57)40(45(62)51-50)38(67-48)25-34(66-46-43(60)41(49)42(59)30(3)65-46)18-16-14-12-10-8-6-7-9-11-13-15-17-21-47(4,5)44(28)61/h6-18,21,28-38,40-44,46,52-57,59-61,63H,19-20,22-27,49-50H2,1-5H3,(H,51,62)/b7-6+,10-8+,11-9+,14-12+,15-13+,18-16+,21-17+/t28-,29-,30+,31+,32+,33-,34-,35+,36+,37-,38-,40+,41-,42+,43-,44-,46-,48+/m0/s1. The van der Waals surface area contributed by atoms with E-state index < -0.39 is 152 Å². The number of aliphatic hydroxyl groups excluding tert-OH is 9. The van der Waals surface area contributed by atoms with Crippen LogP contribution in [0.25, 0.3) is 0 Å². The first-order valence-electron chi connectivity index (χ1n) is 23.0. The number of hydrogen-bond acceptors (Lipinski definition) is 18. The van der Waals surface area contributed by atoms with E-state index in [4.69, 9.17) is 30.5 Å². The first kappa shape index (κ1) is 57.8. The Bertz CT molecular complexity index is 1740. The molecule has 0 radical (unpaired) electrons. The Kier molecular flexibility index (Phi) is 23.9. The molecule has 380 valence electrons. The average molecular weight is 952 g/mol. The maximum absolute atomic E-state index is 13.1. The van der Waals surface area contributed by atoms with Gasteiger partial charge in [0.2, 0.25) is 5.91 Å². The molecule has 15 N–H and O–H groups in total. The van der Waals surface area contributed by atoms with Gasteiger partial charge in [0, 0.05) is 37.0 Å². The van der Waals surface area contributed by atoms with Crippen LogP contribution in [0.4, 0.5) is 0 Å². The van der Waals surface area contributed by atoms with Gasteiger partial charge in [0.05, 0.1) is 85.5 Å². The number of cyclic esters (lactones) is 1. The largest absolute Gasteiger partial charge is 0.462 e. The van der Waals surface area contributed by atoms with Gasteiger partial charge in [-0.05, 0) is 33.1 Å². The van der Waals surface area contributed by atoms with E-state index in [-0.39, 0.29) is 25.7 Å². The lowest BCUT2D eigenvalue weighted by atomic mass is 9.78. The quantitative estimate of drug-likeness (QED) is 0.0767. The minimum Gasteiger partial charge on any atom is -0.462 e. The highest BCUT2D eigenvalue weighted by molar-refractivity contribution is 5.79. The van der Waals surface area contributed by atoms with E-state index >= 15 is 0 Å². The topological polar surface area (TPSA) is 337 Å². The molecule has 1 amide bonds. The highest BCUT2D eigenvalue weighted by atomic mass is 16.7. The van der Waals surface area contributed by atoms with Crippen LogP contribution in [0.3, 0.4) is 0 Å². The van der Waals surface area contributed by atoms with E-state index in [2.05, 4.69) is 0 Å². The second-order valence-electron chi connectivity index (χ2n) is 18.6. The molecule has 18 atom stereocenters. The number of carbonyl (C=O) groups excluding carboxylic acids is 2. The zero-order valence-electron chi connectivity index (χ0n) is 39.1. The van der Waals surface area contributed by atoms with Gasteiger partial charge in [-0.3, -0.25) is 15.0 Å². The Balaban J connectivity index is 1.90. The van der Waals surface area contributed by atoms with Gasteiger partial charge in [0.25, 0.3) is 0 Å². The normalized spacial score (nSPS) is 44.1. The number of hydrazine groups is 1. The molecule has 0 spiro atoms. The molecule has 3 aliphatic rings. The van der Waals surface area contributed by atoms with Gasteiger partial charge in [-0.25, -0.2) is 5.84 Å². The van der Waals surface area contributed by atoms with E-state index in [1.165, 1.54) is 0 Å². The van der Waals surface area contributed by atoms with Gasteiger partial charge in [-0.1, -0.05) is 106 Å². The van der Waals surface area contributed by atoms with Gasteiger partial charge in [0.1, 0.15) is 12.2 Å². The Hall–Kier alpha value is -3.48. The SMILES string of the molecule is C[C@H]1[C@H](C)OC(=O)C[C@H](O)C[C@H](O)CC[C@@H](O)[C@H](O)C[C@H](O)C[C@]2(O)C[C@H](O)[C@@H](C(=O)NN)[C@H](C[C@@H](O[C@@H]3O[C@H](C)[C@@H](O)[C@H](N)[C@@H]3O)/C=C/C=C/C=C/C=C/C=C/C=C/C=C/C(C)(C)[C@H]1O)O2. The minimum absolute atomic E-state index is 0.102. The van der Waals surface area contributed by atoms with Crippen molar-refractivity contribution in [1.82, 2.24) is 5.43 Å². The number of aliphatic hydroxyl groups is 10. The molecule has 0 aromatic carbocycles. The van der Waals surface area contributed by atoms with Gasteiger partial charge in [0.15, 0.2) is 12.1 Å². The lowest BCUT2D eigenvalue weighted by Crippen LogP contribution is -2.62. The molecule has 3 rings (SSSR count). The van der Waals surface area contributed by atoms with Gasteiger partial charge in [-0.15, -0.1) is 0 Å². The van der Waals surface area contributed by atoms with Gasteiger partial charge >= 0.3 is 5.97 Å². The third-order valence-corrected chi connectivity index (χ3v) is 12.5. The third-order valence-electron chi connectivity index (χ3n) is 12.5. The average Bonchev–Trinajstić information content (AvgIpc) is 3.24. The third kappa shape index (κ3) is 18.7. The van der Waals surface area contributed by atoms with Crippen LogP contribution < -0.4 is 17.0 Å². The minimum atomic E-state index is -2.29. The second kappa shape index (κ2) is 27.6. The summed E-state index contributed by atoms with van der Waals surface area (Å²) < 4.78 is 23.4. The molecule has 0 aromatic heterocycles. The van der Waals surface area contributed by atoms with Crippen LogP contribution in [-0.2, 0) is 28.5 Å². The molecular weight excluding hydrogens is 875 g/mol. The van der Waals surface area contributed by atoms with Crippen LogP contribution in [0, 0.1) is 17.3 Å². The maximum atomic E-state index is 13.1. The summed E-state index contributed by atoms with van der Waals surface area (Å²) in [5, 5.41) is 109. The zero-order chi connectivity index (χ0) is 50.1. The van der Waals surface area contributed by atoms with Crippen LogP contribution in [0.5, 0.6) is 0 Å². The number of amides is 1. The van der Waals surface area contributed by atoms with E-state index in [9.17, 15) is 60.7 Å². The number of nitrogens with one attached hydrogen (secondary N) is 1. The molecule has 19 nitrogen and oxygen atoms in total. The fourth-order valence-corrected chi connectivity index (χ4v) is 8.31. The molecular formula is C48H77N3O16. The molecule has 3 heterocycles. The molecule has 0 unspecified atom stereocenters. The van der Waals surface area contributed by atoms with Crippen molar-refractivity contribution in [1.29, 1.82) is 0 Å². The van der Waals surface area contributed by atoms with Crippen LogP contribution >= 0.6 is 0 Å². The summed E-state index contributed by atoms with van der Waals surface area (Å²) in [7, 11) is 0. The van der Waals surface area contributed by atoms with Crippen LogP contribution in [0.1, 0.15) is 86.0 Å². The number of fused-ring (bicyclic) bond motifs is 2. The molecule has 3 aliphatic heterocycles. The smallest absolute Gasteiger partial charge is 0.308 e. The summed E-state index contributed by atoms with van der Waals surface area (Å²) in [6.07, 6.45) is 4.18. The molecule has 2 fully saturated rings. The first-order chi connectivity index (χ1) is 31.5. The van der Waals surface area contributed by atoms with Crippen molar-refractivity contribution in [2.24, 2.45) is 28.8 Å². The Morgan fingerprint density at radius 3 is 1.90 bits per heavy atom. The molecule has 2 bridgehead atoms. The summed E-state index contributed by atoms with van der Waals surface area (Å²) in [4.78, 5) is 25.8. The number of rotatable bonds is 3. The number of allylic oxidation sites excluding steroid dienone is 12. The van der Waals surface area contributed by atoms with Crippen LogP contribution in [-0.4, -0.2) is 160 Å². The lowest BCUT2D eigenvalue weighted by Gasteiger charge is -2.45. The predicted molar refractivity (Wildman–Crippen MR) is 246 cm³/mol. The zero-order valence-corrected chi connectivity index (χ0v) is 39.1. The molecule has 2 saturated heterocycles. The number of esters is 1. The molecule has 0 saturated carbocycles. The summed E-state index contributed by atoms with van der Waals surface area (Å²) in [6.45, 7) is 8.65. The van der Waals surface area contributed by atoms with Crippen LogP contribution in [0.15, 0.2) is 85.1 Å². The van der Waals surface area contributed by atoms with Crippen molar-refractivity contribution in [2.45, 2.75) is 183 Å². The second-order valence-corrected chi connectivity index (χ2v) is 18.6. The van der Waals surface area contributed by atoms with Crippen molar-refractivity contribution in [3.63, 3.8) is 0 Å². The number of ether oxygens (including phenoxy) is 4. The number of carbonyl (C=O) groups is 2. The Labute approximate surface area is 393 Å². The Morgan fingerprint density at radius 2 is 1.30 bits per heavy atom. The van der Waals surface area contributed by atoms with Gasteiger partial charge in [-0.2, -0.15) is 0 Å². The molecule has 19 heteroatoms. The molecule has 0 aliphatic carbocycles. The lowest BCUT2D eigenvalue weighted by molar-refractivity contribution is -0.307. The van der Waals surface area contributed by atoms with Gasteiger partial charge < -0.3 is 75.7 Å². The first-order valence-corrected chi connectivity index (χ1v) is 23.0. The maximum Gasteiger partial charge on any atom is 0.308 e. The highest BCUT2D eigenvalue weighted by Gasteiger charge is 2.51. The van der Waals surface area contributed by atoms with Crippen molar-refractivity contribution >= 4 is 11.9 Å². The fourth-order valence-electron chi connectivity index (χ4n) is 8.31. The highest BCUT2D eigenvalue weighted by Crippen LogP contribution is 2.38. The summed E-state index contributed by atoms with van der Waals surface area (Å²) in [5.41, 5.74) is 7.35. The van der Waals surface area contributed by atoms with E-state index in [1.54, 1.807) is 69.4 Å². The predicted octanol–water partition coefficient (Wildman–Crippen LogP) is 0.00710.